The predicted octanol–water partition coefficient (Wildman–Crippen LogP) is 4.03. The van der Waals surface area contributed by atoms with E-state index in [1.165, 1.54) is 11.6 Å². The van der Waals surface area contributed by atoms with Crippen molar-refractivity contribution in [2.24, 2.45) is 0 Å². The number of hydrogen-bond donors (Lipinski definition) is 1. The van der Waals surface area contributed by atoms with Crippen molar-refractivity contribution in [1.82, 2.24) is 10.2 Å². The number of benzene rings is 2. The second-order valence-corrected chi connectivity index (χ2v) is 8.67. The molecule has 3 aromatic rings. The Morgan fingerprint density at radius 3 is 2.41 bits per heavy atom. The molecule has 1 fully saturated rings. The zero-order chi connectivity index (χ0) is 22.7. The number of aryl methyl sites for hydroxylation is 1. The number of hydrogen-bond acceptors (Lipinski definition) is 5. The lowest BCUT2D eigenvalue weighted by Crippen LogP contribution is -2.43. The Morgan fingerprint density at radius 1 is 1.03 bits per heavy atom. The summed E-state index contributed by atoms with van der Waals surface area (Å²) in [5.74, 6) is 0.106. The zero-order valence-corrected chi connectivity index (χ0v) is 18.9. The van der Waals surface area contributed by atoms with Crippen molar-refractivity contribution in [2.75, 3.05) is 32.8 Å². The highest BCUT2D eigenvalue weighted by Gasteiger charge is 2.24. The predicted molar refractivity (Wildman–Crippen MR) is 125 cm³/mol. The minimum absolute atomic E-state index is 0.0129. The van der Waals surface area contributed by atoms with Crippen molar-refractivity contribution in [3.8, 4) is 0 Å². The van der Waals surface area contributed by atoms with Crippen LogP contribution < -0.4 is 10.7 Å². The smallest absolute Gasteiger partial charge is 0.287 e. The van der Waals surface area contributed by atoms with E-state index >= 15 is 0 Å². The van der Waals surface area contributed by atoms with Crippen LogP contribution in [0.25, 0.3) is 11.0 Å². The van der Waals surface area contributed by atoms with Gasteiger partial charge in [0.25, 0.3) is 5.91 Å². The lowest BCUT2D eigenvalue weighted by molar-refractivity contribution is 0.0161. The Kier molecular flexibility index (Phi) is 6.72. The maximum Gasteiger partial charge on any atom is 0.287 e. The average molecular weight is 435 g/mol. The third-order valence-electron chi connectivity index (χ3n) is 6.04. The van der Waals surface area contributed by atoms with Crippen molar-refractivity contribution in [3.05, 3.63) is 81.2 Å². The molecule has 32 heavy (non-hydrogen) atoms. The van der Waals surface area contributed by atoms with Crippen LogP contribution in [-0.4, -0.2) is 43.7 Å². The first-order valence-electron chi connectivity index (χ1n) is 11.2. The van der Waals surface area contributed by atoms with Crippen molar-refractivity contribution in [3.63, 3.8) is 0 Å². The molecule has 0 aliphatic carbocycles. The number of fused-ring (bicyclic) bond motifs is 1. The van der Waals surface area contributed by atoms with E-state index in [4.69, 9.17) is 9.15 Å². The van der Waals surface area contributed by atoms with Gasteiger partial charge in [-0.2, -0.15) is 0 Å². The third-order valence-corrected chi connectivity index (χ3v) is 6.04. The summed E-state index contributed by atoms with van der Waals surface area (Å²) in [6, 6.07) is 15.2. The normalized spacial score (nSPS) is 15.8. The van der Waals surface area contributed by atoms with E-state index in [2.05, 4.69) is 48.3 Å². The molecular formula is C26H30N2O4. The van der Waals surface area contributed by atoms with Crippen molar-refractivity contribution in [1.29, 1.82) is 0 Å². The first-order valence-corrected chi connectivity index (χ1v) is 11.2. The van der Waals surface area contributed by atoms with Crippen LogP contribution in [0.15, 0.2) is 57.7 Å². The summed E-state index contributed by atoms with van der Waals surface area (Å²) in [5.41, 5.74) is 3.61. The molecule has 0 saturated carbocycles. The van der Waals surface area contributed by atoms with E-state index < -0.39 is 0 Å². The SMILES string of the molecule is Cc1ccc2oc(C(=O)NC[C@H](c3ccc(C(C)C)cc3)N3CCOCC3)cc(=O)c2c1. The number of nitrogens with one attached hydrogen (secondary N) is 1. The molecule has 2 heterocycles. The molecule has 0 unspecified atom stereocenters. The Morgan fingerprint density at radius 2 is 1.72 bits per heavy atom. The van der Waals surface area contributed by atoms with Gasteiger partial charge in [-0.3, -0.25) is 14.5 Å². The Labute approximate surface area is 188 Å². The van der Waals surface area contributed by atoms with Crippen LogP contribution >= 0.6 is 0 Å². The van der Waals surface area contributed by atoms with Gasteiger partial charge < -0.3 is 14.5 Å². The summed E-state index contributed by atoms with van der Waals surface area (Å²) in [6.45, 7) is 9.63. The summed E-state index contributed by atoms with van der Waals surface area (Å²) < 4.78 is 11.3. The van der Waals surface area contributed by atoms with Crippen LogP contribution in [0.3, 0.4) is 0 Å². The van der Waals surface area contributed by atoms with Gasteiger partial charge in [0, 0.05) is 25.7 Å². The number of rotatable bonds is 6. The molecule has 1 N–H and O–H groups in total. The molecule has 1 saturated heterocycles. The van der Waals surface area contributed by atoms with Gasteiger partial charge in [0.15, 0.2) is 11.2 Å². The van der Waals surface area contributed by atoms with Gasteiger partial charge in [-0.15, -0.1) is 0 Å². The van der Waals surface area contributed by atoms with E-state index in [-0.39, 0.29) is 23.1 Å². The summed E-state index contributed by atoms with van der Waals surface area (Å²) in [7, 11) is 0. The highest BCUT2D eigenvalue weighted by atomic mass is 16.5. The molecule has 1 aliphatic rings. The number of carbonyl (C=O) groups is 1. The quantitative estimate of drug-likeness (QED) is 0.634. The first kappa shape index (κ1) is 22.2. The minimum Gasteiger partial charge on any atom is -0.451 e. The van der Waals surface area contributed by atoms with Gasteiger partial charge in [0.2, 0.25) is 0 Å². The number of carbonyl (C=O) groups excluding carboxylic acids is 1. The lowest BCUT2D eigenvalue weighted by Gasteiger charge is -2.35. The number of morpholine rings is 1. The number of amides is 1. The molecule has 0 bridgehead atoms. The van der Waals surface area contributed by atoms with Crippen LogP contribution in [0.5, 0.6) is 0 Å². The van der Waals surface area contributed by atoms with Crippen LogP contribution in [0.1, 0.15) is 53.1 Å². The fourth-order valence-corrected chi connectivity index (χ4v) is 4.11. The van der Waals surface area contributed by atoms with Crippen LogP contribution in [-0.2, 0) is 4.74 Å². The highest BCUT2D eigenvalue weighted by molar-refractivity contribution is 5.93. The molecule has 0 spiro atoms. The molecular weight excluding hydrogens is 404 g/mol. The van der Waals surface area contributed by atoms with E-state index in [1.807, 2.05) is 13.0 Å². The average Bonchev–Trinajstić information content (AvgIpc) is 2.80. The molecule has 1 aromatic heterocycles. The second-order valence-electron chi connectivity index (χ2n) is 8.67. The Bertz CT molecular complexity index is 1140. The molecule has 0 radical (unpaired) electrons. The molecule has 1 amide bonds. The molecule has 6 heteroatoms. The van der Waals surface area contributed by atoms with Gasteiger partial charge in [-0.05, 0) is 36.1 Å². The highest BCUT2D eigenvalue weighted by Crippen LogP contribution is 2.24. The number of ether oxygens (including phenoxy) is 1. The summed E-state index contributed by atoms with van der Waals surface area (Å²) in [5, 5.41) is 3.47. The fraction of sp³-hybridized carbons (Fsp3) is 0.385. The Hall–Kier alpha value is -2.96. The largest absolute Gasteiger partial charge is 0.451 e. The maximum absolute atomic E-state index is 12.9. The molecule has 1 aliphatic heterocycles. The zero-order valence-electron chi connectivity index (χ0n) is 18.9. The molecule has 2 aromatic carbocycles. The third kappa shape index (κ3) is 4.92. The summed E-state index contributed by atoms with van der Waals surface area (Å²) in [6.07, 6.45) is 0. The van der Waals surface area contributed by atoms with Crippen molar-refractivity contribution < 1.29 is 13.9 Å². The van der Waals surface area contributed by atoms with Crippen molar-refractivity contribution in [2.45, 2.75) is 32.7 Å². The van der Waals surface area contributed by atoms with Crippen LogP contribution in [0, 0.1) is 6.92 Å². The molecule has 1 atom stereocenters. The van der Waals surface area contributed by atoms with Crippen LogP contribution in [0.2, 0.25) is 0 Å². The van der Waals surface area contributed by atoms with Gasteiger partial charge >= 0.3 is 0 Å². The van der Waals surface area contributed by atoms with E-state index in [0.29, 0.717) is 36.6 Å². The van der Waals surface area contributed by atoms with Gasteiger partial charge in [0.1, 0.15) is 5.58 Å². The van der Waals surface area contributed by atoms with E-state index in [0.717, 1.165) is 24.2 Å². The monoisotopic (exact) mass is 434 g/mol. The molecule has 6 nitrogen and oxygen atoms in total. The van der Waals surface area contributed by atoms with E-state index in [9.17, 15) is 9.59 Å². The lowest BCUT2D eigenvalue weighted by atomic mass is 9.98. The molecule has 4 rings (SSSR count). The minimum atomic E-state index is -0.387. The summed E-state index contributed by atoms with van der Waals surface area (Å²) in [4.78, 5) is 27.7. The van der Waals surface area contributed by atoms with E-state index in [1.54, 1.807) is 12.1 Å². The van der Waals surface area contributed by atoms with Gasteiger partial charge in [-0.25, -0.2) is 0 Å². The maximum atomic E-state index is 12.9. The standard InChI is InChI=1S/C26H30N2O4/c1-17(2)19-5-7-20(8-6-19)22(28-10-12-31-13-11-28)16-27-26(30)25-15-23(29)21-14-18(3)4-9-24(21)32-25/h4-9,14-15,17,22H,10-13,16H2,1-3H3,(H,27,30)/t22-/m1/s1. The fourth-order valence-electron chi connectivity index (χ4n) is 4.11. The molecule has 168 valence electrons. The number of nitrogens with zero attached hydrogens (tertiary/aromatic N) is 1. The van der Waals surface area contributed by atoms with Crippen molar-refractivity contribution >= 4 is 16.9 Å². The first-order chi connectivity index (χ1) is 15.4. The summed E-state index contributed by atoms with van der Waals surface area (Å²) >= 11 is 0. The van der Waals surface area contributed by atoms with Crippen LogP contribution in [0.4, 0.5) is 0 Å². The van der Waals surface area contributed by atoms with Gasteiger partial charge in [0.05, 0.1) is 24.6 Å². The van der Waals surface area contributed by atoms with Gasteiger partial charge in [-0.1, -0.05) is 49.7 Å². The topological polar surface area (TPSA) is 71.8 Å². The second kappa shape index (κ2) is 9.67. The Balaban J connectivity index is 1.54.